The first-order chi connectivity index (χ1) is 8.85. The van der Waals surface area contributed by atoms with Crippen LogP contribution in [0.15, 0.2) is 30.6 Å². The zero-order chi connectivity index (χ0) is 12.8. The Balaban J connectivity index is 2.17. The van der Waals surface area contributed by atoms with Crippen molar-refractivity contribution < 1.29 is 0 Å². The van der Waals surface area contributed by atoms with Crippen LogP contribution in [0.2, 0.25) is 0 Å². The van der Waals surface area contributed by atoms with Gasteiger partial charge in [0.25, 0.3) is 0 Å². The first kappa shape index (κ1) is 12.9. The van der Waals surface area contributed by atoms with Gasteiger partial charge in [-0.05, 0) is 24.1 Å². The van der Waals surface area contributed by atoms with Crippen molar-refractivity contribution in [2.45, 2.75) is 38.6 Å². The molecule has 18 heavy (non-hydrogen) atoms. The molecule has 3 N–H and O–H groups in total. The lowest BCUT2D eigenvalue weighted by molar-refractivity contribution is 0.487. The maximum absolute atomic E-state index is 5.65. The van der Waals surface area contributed by atoms with E-state index in [4.69, 9.17) is 5.84 Å². The Morgan fingerprint density at radius 1 is 1.17 bits per heavy atom. The lowest BCUT2D eigenvalue weighted by Gasteiger charge is -2.16. The Hall–Kier alpha value is -1.52. The fraction of sp³-hybridized carbons (Fsp3) is 0.429. The van der Waals surface area contributed by atoms with Crippen molar-refractivity contribution in [3.05, 3.63) is 36.2 Å². The number of hydrazine groups is 1. The van der Waals surface area contributed by atoms with E-state index in [-0.39, 0.29) is 6.04 Å². The molecule has 0 saturated carbocycles. The molecule has 0 amide bonds. The van der Waals surface area contributed by atoms with E-state index in [1.807, 2.05) is 6.07 Å². The van der Waals surface area contributed by atoms with E-state index in [0.29, 0.717) is 0 Å². The number of rotatable bonds is 6. The second-order valence-electron chi connectivity index (χ2n) is 4.52. The first-order valence-electron chi connectivity index (χ1n) is 6.52. The lowest BCUT2D eigenvalue weighted by atomic mass is 10.0. The molecule has 1 atom stereocenters. The van der Waals surface area contributed by atoms with E-state index in [9.17, 15) is 0 Å². The molecule has 0 radical (unpaired) electrons. The quantitative estimate of drug-likeness (QED) is 0.466. The molecular formula is C14H20N4. The minimum Gasteiger partial charge on any atom is -0.271 e. The number of unbranched alkanes of at least 4 members (excludes halogenated alkanes) is 2. The van der Waals surface area contributed by atoms with Gasteiger partial charge in [-0.15, -0.1) is 0 Å². The molecule has 0 aliphatic rings. The third kappa shape index (κ3) is 3.03. The molecule has 0 aliphatic heterocycles. The van der Waals surface area contributed by atoms with Crippen LogP contribution in [0.1, 0.15) is 44.2 Å². The van der Waals surface area contributed by atoms with Crippen molar-refractivity contribution in [1.82, 2.24) is 15.4 Å². The third-order valence-electron chi connectivity index (χ3n) is 3.19. The Kier molecular flexibility index (Phi) is 4.61. The number of nitrogens with two attached hydrogens (primary N) is 1. The first-order valence-corrected chi connectivity index (χ1v) is 6.52. The maximum atomic E-state index is 5.65. The molecule has 2 rings (SSSR count). The highest BCUT2D eigenvalue weighted by Crippen LogP contribution is 2.21. The zero-order valence-electron chi connectivity index (χ0n) is 10.8. The molecule has 1 unspecified atom stereocenters. The Labute approximate surface area is 108 Å². The summed E-state index contributed by atoms with van der Waals surface area (Å²) < 4.78 is 0. The fourth-order valence-electron chi connectivity index (χ4n) is 2.14. The predicted octanol–water partition coefficient (Wildman–Crippen LogP) is 2.71. The molecule has 0 aliphatic carbocycles. The second-order valence-corrected chi connectivity index (χ2v) is 4.52. The van der Waals surface area contributed by atoms with E-state index in [1.165, 1.54) is 24.8 Å². The SMILES string of the molecule is CCCCCC(NN)c1ccc2nccnc2c1. The Bertz CT molecular complexity index is 498. The molecule has 96 valence electrons. The highest BCUT2D eigenvalue weighted by atomic mass is 15.2. The van der Waals surface area contributed by atoms with Crippen LogP contribution in [0.4, 0.5) is 0 Å². The third-order valence-corrected chi connectivity index (χ3v) is 3.19. The van der Waals surface area contributed by atoms with Crippen molar-refractivity contribution >= 4 is 11.0 Å². The summed E-state index contributed by atoms with van der Waals surface area (Å²) in [6.45, 7) is 2.20. The maximum Gasteiger partial charge on any atom is 0.0890 e. The number of hydrogen-bond donors (Lipinski definition) is 2. The van der Waals surface area contributed by atoms with Gasteiger partial charge in [-0.1, -0.05) is 32.3 Å². The monoisotopic (exact) mass is 244 g/mol. The van der Waals surface area contributed by atoms with E-state index in [2.05, 4.69) is 34.5 Å². The van der Waals surface area contributed by atoms with Crippen LogP contribution in [0, 0.1) is 0 Å². The van der Waals surface area contributed by atoms with Crippen LogP contribution in [-0.4, -0.2) is 9.97 Å². The minimum absolute atomic E-state index is 0.197. The average Bonchev–Trinajstić information content (AvgIpc) is 2.43. The summed E-state index contributed by atoms with van der Waals surface area (Å²) in [5, 5.41) is 0. The summed E-state index contributed by atoms with van der Waals surface area (Å²) in [6, 6.07) is 6.34. The largest absolute Gasteiger partial charge is 0.271 e. The van der Waals surface area contributed by atoms with Crippen LogP contribution in [0.5, 0.6) is 0 Å². The number of aromatic nitrogens is 2. The molecule has 1 heterocycles. The van der Waals surface area contributed by atoms with Crippen LogP contribution in [-0.2, 0) is 0 Å². The number of hydrogen-bond acceptors (Lipinski definition) is 4. The van der Waals surface area contributed by atoms with Crippen LogP contribution in [0.25, 0.3) is 11.0 Å². The van der Waals surface area contributed by atoms with Crippen LogP contribution >= 0.6 is 0 Å². The summed E-state index contributed by atoms with van der Waals surface area (Å²) >= 11 is 0. The van der Waals surface area contributed by atoms with Crippen molar-refractivity contribution in [3.63, 3.8) is 0 Å². The highest BCUT2D eigenvalue weighted by Gasteiger charge is 2.10. The van der Waals surface area contributed by atoms with E-state index < -0.39 is 0 Å². The van der Waals surface area contributed by atoms with Gasteiger partial charge in [0.1, 0.15) is 0 Å². The van der Waals surface area contributed by atoms with Gasteiger partial charge >= 0.3 is 0 Å². The normalized spacial score (nSPS) is 12.8. The molecule has 0 spiro atoms. The molecule has 1 aromatic carbocycles. The number of fused-ring (bicyclic) bond motifs is 1. The van der Waals surface area contributed by atoms with E-state index in [0.717, 1.165) is 17.5 Å². The molecule has 4 heteroatoms. The summed E-state index contributed by atoms with van der Waals surface area (Å²) in [4.78, 5) is 8.59. The van der Waals surface area contributed by atoms with Crippen molar-refractivity contribution in [2.75, 3.05) is 0 Å². The molecule has 0 bridgehead atoms. The van der Waals surface area contributed by atoms with E-state index in [1.54, 1.807) is 12.4 Å². The summed E-state index contributed by atoms with van der Waals surface area (Å²) in [6.07, 6.45) is 8.13. The van der Waals surface area contributed by atoms with Crippen molar-refractivity contribution in [1.29, 1.82) is 0 Å². The summed E-state index contributed by atoms with van der Waals surface area (Å²) in [7, 11) is 0. The molecule has 1 aromatic heterocycles. The average molecular weight is 244 g/mol. The van der Waals surface area contributed by atoms with Gasteiger partial charge in [-0.3, -0.25) is 21.2 Å². The molecule has 0 saturated heterocycles. The topological polar surface area (TPSA) is 63.8 Å². The Morgan fingerprint density at radius 2 is 1.94 bits per heavy atom. The summed E-state index contributed by atoms with van der Waals surface area (Å²) in [5.41, 5.74) is 5.92. The Morgan fingerprint density at radius 3 is 2.67 bits per heavy atom. The minimum atomic E-state index is 0.197. The molecule has 2 aromatic rings. The summed E-state index contributed by atoms with van der Waals surface area (Å²) in [5.74, 6) is 5.65. The molecular weight excluding hydrogens is 224 g/mol. The van der Waals surface area contributed by atoms with Gasteiger partial charge in [0.05, 0.1) is 11.0 Å². The van der Waals surface area contributed by atoms with Gasteiger partial charge in [0.2, 0.25) is 0 Å². The van der Waals surface area contributed by atoms with Gasteiger partial charge < -0.3 is 0 Å². The van der Waals surface area contributed by atoms with Gasteiger partial charge in [0, 0.05) is 18.4 Å². The van der Waals surface area contributed by atoms with Crippen molar-refractivity contribution in [3.8, 4) is 0 Å². The van der Waals surface area contributed by atoms with E-state index >= 15 is 0 Å². The standard InChI is InChI=1S/C14H20N4/c1-2-3-4-5-12(18-15)11-6-7-13-14(10-11)17-9-8-16-13/h6-10,12,18H,2-5,15H2,1H3. The smallest absolute Gasteiger partial charge is 0.0890 e. The number of benzene rings is 1. The highest BCUT2D eigenvalue weighted by molar-refractivity contribution is 5.74. The van der Waals surface area contributed by atoms with Crippen LogP contribution in [0.3, 0.4) is 0 Å². The van der Waals surface area contributed by atoms with Crippen molar-refractivity contribution in [2.24, 2.45) is 5.84 Å². The number of nitrogens with zero attached hydrogens (tertiary/aromatic N) is 2. The molecule has 4 nitrogen and oxygen atoms in total. The van der Waals surface area contributed by atoms with Gasteiger partial charge in [-0.2, -0.15) is 0 Å². The molecule has 0 fully saturated rings. The number of nitrogens with one attached hydrogen (secondary N) is 1. The second kappa shape index (κ2) is 6.42. The van der Waals surface area contributed by atoms with Crippen LogP contribution < -0.4 is 11.3 Å². The predicted molar refractivity (Wildman–Crippen MR) is 73.7 cm³/mol. The lowest BCUT2D eigenvalue weighted by Crippen LogP contribution is -2.28. The fourth-order valence-corrected chi connectivity index (χ4v) is 2.14. The van der Waals surface area contributed by atoms with Gasteiger partial charge in [0.15, 0.2) is 0 Å². The van der Waals surface area contributed by atoms with Gasteiger partial charge in [-0.25, -0.2) is 0 Å². The zero-order valence-corrected chi connectivity index (χ0v) is 10.8.